The van der Waals surface area contributed by atoms with E-state index in [-0.39, 0.29) is 0 Å². The van der Waals surface area contributed by atoms with Gasteiger partial charge in [-0.3, -0.25) is 0 Å². The third-order valence-corrected chi connectivity index (χ3v) is 2.77. The summed E-state index contributed by atoms with van der Waals surface area (Å²) < 4.78 is 0. The monoisotopic (exact) mass is 281 g/mol. The fourth-order valence-electron chi connectivity index (χ4n) is 1.49. The Morgan fingerprint density at radius 3 is 2.10 bits per heavy atom. The standard InChI is InChI=1S/C13H27N7/c1-7-8-14-11-15-12(19(4)5)17-13(16-11)20(6)10-9-18(2)3/h7-10H2,1-6H3,(H,14,15,16,17). The van der Waals surface area contributed by atoms with E-state index in [1.807, 2.05) is 30.9 Å². The molecule has 0 fully saturated rings. The molecular weight excluding hydrogens is 254 g/mol. The number of likely N-dealkylation sites (N-methyl/N-ethyl adjacent to an activating group) is 2. The van der Waals surface area contributed by atoms with E-state index in [0.29, 0.717) is 17.8 Å². The Bertz CT molecular complexity index is 406. The quantitative estimate of drug-likeness (QED) is 0.754. The molecule has 0 bridgehead atoms. The van der Waals surface area contributed by atoms with Crippen molar-refractivity contribution in [3.05, 3.63) is 0 Å². The zero-order valence-corrected chi connectivity index (χ0v) is 13.5. The molecule has 114 valence electrons. The third kappa shape index (κ3) is 5.16. The van der Waals surface area contributed by atoms with Crippen molar-refractivity contribution >= 4 is 17.8 Å². The first kappa shape index (κ1) is 16.4. The van der Waals surface area contributed by atoms with Gasteiger partial charge in [-0.2, -0.15) is 15.0 Å². The van der Waals surface area contributed by atoms with Gasteiger partial charge in [0.25, 0.3) is 0 Å². The number of anilines is 3. The highest BCUT2D eigenvalue weighted by atomic mass is 15.3. The van der Waals surface area contributed by atoms with E-state index < -0.39 is 0 Å². The minimum atomic E-state index is 0.636. The zero-order valence-electron chi connectivity index (χ0n) is 13.5. The highest BCUT2D eigenvalue weighted by Crippen LogP contribution is 2.14. The summed E-state index contributed by atoms with van der Waals surface area (Å²) in [6.45, 7) is 4.80. The van der Waals surface area contributed by atoms with E-state index in [2.05, 4.69) is 46.2 Å². The van der Waals surface area contributed by atoms with Crippen molar-refractivity contribution < 1.29 is 0 Å². The summed E-state index contributed by atoms with van der Waals surface area (Å²) in [6.07, 6.45) is 1.04. The molecule has 0 amide bonds. The highest BCUT2D eigenvalue weighted by Gasteiger charge is 2.11. The summed E-state index contributed by atoms with van der Waals surface area (Å²) in [6, 6.07) is 0. The van der Waals surface area contributed by atoms with Crippen molar-refractivity contribution in [1.82, 2.24) is 19.9 Å². The molecule has 1 aromatic rings. The summed E-state index contributed by atoms with van der Waals surface area (Å²) in [5.41, 5.74) is 0. The Balaban J connectivity index is 2.89. The number of nitrogens with zero attached hydrogens (tertiary/aromatic N) is 6. The zero-order chi connectivity index (χ0) is 15.1. The Labute approximate surface area is 122 Å². The smallest absolute Gasteiger partial charge is 0.231 e. The number of hydrogen-bond donors (Lipinski definition) is 1. The van der Waals surface area contributed by atoms with Crippen molar-refractivity contribution in [1.29, 1.82) is 0 Å². The van der Waals surface area contributed by atoms with Crippen LogP contribution in [0.15, 0.2) is 0 Å². The Morgan fingerprint density at radius 2 is 1.55 bits per heavy atom. The number of nitrogens with one attached hydrogen (secondary N) is 1. The van der Waals surface area contributed by atoms with Crippen LogP contribution in [0.5, 0.6) is 0 Å². The highest BCUT2D eigenvalue weighted by molar-refractivity contribution is 5.44. The molecule has 1 aromatic heterocycles. The van der Waals surface area contributed by atoms with Crippen LogP contribution >= 0.6 is 0 Å². The summed E-state index contributed by atoms with van der Waals surface area (Å²) in [7, 11) is 9.98. The van der Waals surface area contributed by atoms with Crippen LogP contribution in [0.3, 0.4) is 0 Å². The molecule has 0 saturated carbocycles. The SMILES string of the molecule is CCCNc1nc(N(C)C)nc(N(C)CCN(C)C)n1. The average molecular weight is 281 g/mol. The minimum absolute atomic E-state index is 0.636. The van der Waals surface area contributed by atoms with Gasteiger partial charge >= 0.3 is 0 Å². The second-order valence-electron chi connectivity index (χ2n) is 5.31. The topological polar surface area (TPSA) is 60.4 Å². The lowest BCUT2D eigenvalue weighted by Gasteiger charge is -2.21. The van der Waals surface area contributed by atoms with Crippen molar-refractivity contribution in [2.24, 2.45) is 0 Å². The fourth-order valence-corrected chi connectivity index (χ4v) is 1.49. The third-order valence-electron chi connectivity index (χ3n) is 2.77. The molecule has 1 heterocycles. The molecular formula is C13H27N7. The molecule has 0 aliphatic heterocycles. The van der Waals surface area contributed by atoms with Gasteiger partial charge in [0.05, 0.1) is 0 Å². The van der Waals surface area contributed by atoms with Gasteiger partial charge in [-0.25, -0.2) is 0 Å². The number of aromatic nitrogens is 3. The Hall–Kier alpha value is -1.63. The van der Waals surface area contributed by atoms with Crippen LogP contribution in [0.25, 0.3) is 0 Å². The van der Waals surface area contributed by atoms with Gasteiger partial charge in [0.2, 0.25) is 17.8 Å². The summed E-state index contributed by atoms with van der Waals surface area (Å²) in [4.78, 5) is 19.5. The average Bonchev–Trinajstić information content (AvgIpc) is 2.41. The second kappa shape index (κ2) is 7.84. The minimum Gasteiger partial charge on any atom is -0.354 e. The molecule has 0 radical (unpaired) electrons. The van der Waals surface area contributed by atoms with E-state index in [1.54, 1.807) is 0 Å². The molecule has 1 rings (SSSR count). The second-order valence-corrected chi connectivity index (χ2v) is 5.31. The molecule has 1 N–H and O–H groups in total. The maximum absolute atomic E-state index is 4.49. The summed E-state index contributed by atoms with van der Waals surface area (Å²) >= 11 is 0. The van der Waals surface area contributed by atoms with Crippen molar-refractivity contribution in [3.63, 3.8) is 0 Å². The Kier molecular flexibility index (Phi) is 6.44. The van der Waals surface area contributed by atoms with Crippen molar-refractivity contribution in [2.75, 3.05) is 70.0 Å². The molecule has 7 nitrogen and oxygen atoms in total. The van der Waals surface area contributed by atoms with Gasteiger partial charge in [0, 0.05) is 40.8 Å². The van der Waals surface area contributed by atoms with E-state index in [0.717, 1.165) is 26.1 Å². The van der Waals surface area contributed by atoms with Gasteiger partial charge in [-0.1, -0.05) is 6.92 Å². The first-order valence-corrected chi connectivity index (χ1v) is 6.97. The van der Waals surface area contributed by atoms with Crippen LogP contribution < -0.4 is 15.1 Å². The van der Waals surface area contributed by atoms with Crippen LogP contribution in [0, 0.1) is 0 Å². The molecule has 0 aliphatic carbocycles. The summed E-state index contributed by atoms with van der Waals surface area (Å²) in [5.74, 6) is 2.01. The first-order valence-electron chi connectivity index (χ1n) is 6.97. The lowest BCUT2D eigenvalue weighted by atomic mass is 10.5. The molecule has 20 heavy (non-hydrogen) atoms. The lowest BCUT2D eigenvalue weighted by molar-refractivity contribution is 0.415. The van der Waals surface area contributed by atoms with Crippen LogP contribution in [0.1, 0.15) is 13.3 Å². The first-order chi connectivity index (χ1) is 9.43. The van der Waals surface area contributed by atoms with Crippen LogP contribution in [-0.2, 0) is 0 Å². The molecule has 0 unspecified atom stereocenters. The number of rotatable bonds is 8. The maximum atomic E-state index is 4.49. The van der Waals surface area contributed by atoms with Gasteiger partial charge in [-0.15, -0.1) is 0 Å². The van der Waals surface area contributed by atoms with Gasteiger partial charge < -0.3 is 20.0 Å². The lowest BCUT2D eigenvalue weighted by Crippen LogP contribution is -2.30. The molecule has 0 saturated heterocycles. The van der Waals surface area contributed by atoms with E-state index in [9.17, 15) is 0 Å². The van der Waals surface area contributed by atoms with Crippen molar-refractivity contribution in [3.8, 4) is 0 Å². The summed E-state index contributed by atoms with van der Waals surface area (Å²) in [5, 5.41) is 3.22. The predicted molar refractivity (Wildman–Crippen MR) is 84.8 cm³/mol. The molecule has 0 spiro atoms. The Morgan fingerprint density at radius 1 is 0.900 bits per heavy atom. The van der Waals surface area contributed by atoms with Gasteiger partial charge in [0.1, 0.15) is 0 Å². The van der Waals surface area contributed by atoms with Crippen LogP contribution in [0.2, 0.25) is 0 Å². The van der Waals surface area contributed by atoms with Crippen LogP contribution in [0.4, 0.5) is 17.8 Å². The predicted octanol–water partition coefficient (Wildman–Crippen LogP) is 0.757. The molecule has 0 atom stereocenters. The normalized spacial score (nSPS) is 10.8. The molecule has 0 aliphatic rings. The largest absolute Gasteiger partial charge is 0.354 e. The number of hydrogen-bond acceptors (Lipinski definition) is 7. The maximum Gasteiger partial charge on any atom is 0.231 e. The molecule has 7 heteroatoms. The van der Waals surface area contributed by atoms with Crippen LogP contribution in [-0.4, -0.2) is 74.7 Å². The van der Waals surface area contributed by atoms with E-state index in [4.69, 9.17) is 0 Å². The van der Waals surface area contributed by atoms with E-state index in [1.165, 1.54) is 0 Å². The van der Waals surface area contributed by atoms with E-state index >= 15 is 0 Å². The van der Waals surface area contributed by atoms with Gasteiger partial charge in [-0.05, 0) is 20.5 Å². The molecule has 0 aromatic carbocycles. The van der Waals surface area contributed by atoms with Crippen molar-refractivity contribution in [2.45, 2.75) is 13.3 Å². The van der Waals surface area contributed by atoms with Gasteiger partial charge in [0.15, 0.2) is 0 Å². The fraction of sp³-hybridized carbons (Fsp3) is 0.769.